The van der Waals surface area contributed by atoms with Crippen LogP contribution in [-0.2, 0) is 4.74 Å². The lowest BCUT2D eigenvalue weighted by Crippen LogP contribution is -2.43. The van der Waals surface area contributed by atoms with Crippen molar-refractivity contribution in [1.29, 1.82) is 0 Å². The summed E-state index contributed by atoms with van der Waals surface area (Å²) in [4.78, 5) is 14.5. The molecule has 0 bridgehead atoms. The van der Waals surface area contributed by atoms with Gasteiger partial charge >= 0.3 is 5.97 Å². The number of piperazine rings is 1. The summed E-state index contributed by atoms with van der Waals surface area (Å²) in [5, 5.41) is 3.30. The van der Waals surface area contributed by atoms with E-state index < -0.39 is 0 Å². The molecule has 1 aromatic carbocycles. The van der Waals surface area contributed by atoms with E-state index in [4.69, 9.17) is 4.74 Å². The second kappa shape index (κ2) is 5.42. The Labute approximate surface area is 106 Å². The highest BCUT2D eigenvalue weighted by atomic mass is 32.1. The molecular formula is C12H16N2O2S. The van der Waals surface area contributed by atoms with E-state index in [1.165, 1.54) is 7.11 Å². The van der Waals surface area contributed by atoms with Gasteiger partial charge in [-0.3, -0.25) is 0 Å². The van der Waals surface area contributed by atoms with Gasteiger partial charge in [0.2, 0.25) is 0 Å². The number of carbonyl (C=O) groups is 1. The summed E-state index contributed by atoms with van der Waals surface area (Å²) >= 11 is 4.33. The van der Waals surface area contributed by atoms with E-state index in [9.17, 15) is 4.79 Å². The standard InChI is InChI=1S/C12H16N2O2S/c1-16-12(15)9-6-10(8-11(17)7-9)14-4-2-13-3-5-14/h6-8,13,17H,2-5H2,1H3. The molecule has 0 radical (unpaired) electrons. The molecule has 1 fully saturated rings. The van der Waals surface area contributed by atoms with Crippen LogP contribution in [0.4, 0.5) is 5.69 Å². The first-order valence-corrected chi connectivity index (χ1v) is 6.03. The van der Waals surface area contributed by atoms with E-state index in [1.54, 1.807) is 6.07 Å². The molecule has 0 aromatic heterocycles. The maximum atomic E-state index is 11.5. The Bertz CT molecular complexity index is 417. The van der Waals surface area contributed by atoms with Crippen LogP contribution in [0.5, 0.6) is 0 Å². The number of methoxy groups -OCH3 is 1. The molecule has 0 atom stereocenters. The highest BCUT2D eigenvalue weighted by Crippen LogP contribution is 2.22. The van der Waals surface area contributed by atoms with Gasteiger partial charge in [0.1, 0.15) is 0 Å². The van der Waals surface area contributed by atoms with E-state index in [1.807, 2.05) is 12.1 Å². The third kappa shape index (κ3) is 2.92. The van der Waals surface area contributed by atoms with Crippen molar-refractivity contribution in [2.45, 2.75) is 4.90 Å². The van der Waals surface area contributed by atoms with Crippen molar-refractivity contribution in [2.75, 3.05) is 38.2 Å². The largest absolute Gasteiger partial charge is 0.465 e. The normalized spacial score (nSPS) is 15.8. The van der Waals surface area contributed by atoms with Crippen molar-refractivity contribution in [1.82, 2.24) is 5.32 Å². The lowest BCUT2D eigenvalue weighted by atomic mass is 10.1. The molecule has 92 valence electrons. The van der Waals surface area contributed by atoms with Crippen LogP contribution in [0.3, 0.4) is 0 Å². The number of nitrogens with one attached hydrogen (secondary N) is 1. The molecule has 1 N–H and O–H groups in total. The fourth-order valence-electron chi connectivity index (χ4n) is 1.94. The van der Waals surface area contributed by atoms with E-state index in [2.05, 4.69) is 22.8 Å². The number of benzene rings is 1. The van der Waals surface area contributed by atoms with E-state index in [0.29, 0.717) is 5.56 Å². The Hall–Kier alpha value is -1.20. The van der Waals surface area contributed by atoms with Crippen LogP contribution >= 0.6 is 12.6 Å². The maximum absolute atomic E-state index is 11.5. The van der Waals surface area contributed by atoms with E-state index in [0.717, 1.165) is 36.8 Å². The minimum atomic E-state index is -0.322. The van der Waals surface area contributed by atoms with Crippen molar-refractivity contribution in [3.05, 3.63) is 23.8 Å². The average molecular weight is 252 g/mol. The number of hydrogen-bond acceptors (Lipinski definition) is 5. The molecule has 0 saturated carbocycles. The maximum Gasteiger partial charge on any atom is 0.337 e. The molecule has 17 heavy (non-hydrogen) atoms. The molecule has 1 aromatic rings. The predicted octanol–water partition coefficient (Wildman–Crippen LogP) is 1.17. The predicted molar refractivity (Wildman–Crippen MR) is 70.1 cm³/mol. The smallest absolute Gasteiger partial charge is 0.337 e. The summed E-state index contributed by atoms with van der Waals surface area (Å²) in [7, 11) is 1.39. The molecule has 2 rings (SSSR count). The second-order valence-corrected chi connectivity index (χ2v) is 4.48. The number of thiol groups is 1. The quantitative estimate of drug-likeness (QED) is 0.612. The second-order valence-electron chi connectivity index (χ2n) is 3.97. The molecule has 0 aliphatic carbocycles. The number of carbonyl (C=O) groups excluding carboxylic acids is 1. The first kappa shape index (κ1) is 12.3. The van der Waals surface area contributed by atoms with Crippen LogP contribution in [0, 0.1) is 0 Å². The number of nitrogens with zero attached hydrogens (tertiary/aromatic N) is 1. The van der Waals surface area contributed by atoms with E-state index in [-0.39, 0.29) is 5.97 Å². The highest BCUT2D eigenvalue weighted by Gasteiger charge is 2.14. The van der Waals surface area contributed by atoms with Crippen LogP contribution in [-0.4, -0.2) is 39.3 Å². The molecule has 1 aliphatic heterocycles. The first-order chi connectivity index (χ1) is 8.20. The van der Waals surface area contributed by atoms with Gasteiger partial charge in [-0.05, 0) is 18.2 Å². The van der Waals surface area contributed by atoms with Crippen molar-refractivity contribution in [3.63, 3.8) is 0 Å². The minimum absolute atomic E-state index is 0.322. The van der Waals surface area contributed by atoms with Crippen molar-refractivity contribution in [2.24, 2.45) is 0 Å². The number of esters is 1. The SMILES string of the molecule is COC(=O)c1cc(S)cc(N2CCNCC2)c1. The average Bonchev–Trinajstić information content (AvgIpc) is 2.38. The summed E-state index contributed by atoms with van der Waals surface area (Å²) in [6, 6.07) is 5.55. The van der Waals surface area contributed by atoms with Crippen molar-refractivity contribution in [3.8, 4) is 0 Å². The summed E-state index contributed by atoms with van der Waals surface area (Å²) in [5.74, 6) is -0.322. The van der Waals surface area contributed by atoms with Gasteiger partial charge in [0.25, 0.3) is 0 Å². The van der Waals surface area contributed by atoms with Gasteiger partial charge in [0, 0.05) is 36.8 Å². The fraction of sp³-hybridized carbons (Fsp3) is 0.417. The molecule has 0 unspecified atom stereocenters. The molecule has 0 spiro atoms. The first-order valence-electron chi connectivity index (χ1n) is 5.59. The summed E-state index contributed by atoms with van der Waals surface area (Å²) in [6.07, 6.45) is 0. The number of ether oxygens (including phenoxy) is 1. The van der Waals surface area contributed by atoms with E-state index >= 15 is 0 Å². The minimum Gasteiger partial charge on any atom is -0.465 e. The molecule has 1 saturated heterocycles. The van der Waals surface area contributed by atoms with Gasteiger partial charge < -0.3 is 15.0 Å². The van der Waals surface area contributed by atoms with Crippen molar-refractivity contribution < 1.29 is 9.53 Å². The zero-order valence-electron chi connectivity index (χ0n) is 9.77. The Balaban J connectivity index is 2.27. The number of rotatable bonds is 2. The van der Waals surface area contributed by atoms with Crippen molar-refractivity contribution >= 4 is 24.3 Å². The number of anilines is 1. The van der Waals surface area contributed by atoms with Crippen LogP contribution in [0.25, 0.3) is 0 Å². The highest BCUT2D eigenvalue weighted by molar-refractivity contribution is 7.80. The van der Waals surface area contributed by atoms with Gasteiger partial charge in [-0.2, -0.15) is 0 Å². The van der Waals surface area contributed by atoms with Crippen LogP contribution in [0.1, 0.15) is 10.4 Å². The number of hydrogen-bond donors (Lipinski definition) is 2. The lowest BCUT2D eigenvalue weighted by Gasteiger charge is -2.29. The molecule has 0 amide bonds. The summed E-state index contributed by atoms with van der Waals surface area (Å²) in [5.41, 5.74) is 1.58. The lowest BCUT2D eigenvalue weighted by molar-refractivity contribution is 0.0600. The zero-order chi connectivity index (χ0) is 12.3. The molecule has 4 nitrogen and oxygen atoms in total. The summed E-state index contributed by atoms with van der Waals surface area (Å²) < 4.78 is 4.73. The topological polar surface area (TPSA) is 41.6 Å². The molecular weight excluding hydrogens is 236 g/mol. The van der Waals surface area contributed by atoms with Crippen LogP contribution in [0.2, 0.25) is 0 Å². The molecule has 5 heteroatoms. The Morgan fingerprint density at radius 1 is 1.35 bits per heavy atom. The molecule has 1 heterocycles. The fourth-order valence-corrected chi connectivity index (χ4v) is 2.21. The van der Waals surface area contributed by atoms with Crippen LogP contribution in [0.15, 0.2) is 23.1 Å². The third-order valence-electron chi connectivity index (χ3n) is 2.81. The monoisotopic (exact) mass is 252 g/mol. The zero-order valence-corrected chi connectivity index (χ0v) is 10.7. The third-order valence-corrected chi connectivity index (χ3v) is 3.06. The Morgan fingerprint density at radius 2 is 2.06 bits per heavy atom. The van der Waals surface area contributed by atoms with Gasteiger partial charge in [-0.25, -0.2) is 4.79 Å². The van der Waals surface area contributed by atoms with Gasteiger partial charge in [0.15, 0.2) is 0 Å². The Kier molecular flexibility index (Phi) is 3.91. The molecule has 1 aliphatic rings. The van der Waals surface area contributed by atoms with Crippen LogP contribution < -0.4 is 10.2 Å². The van der Waals surface area contributed by atoms with Gasteiger partial charge in [0.05, 0.1) is 12.7 Å². The Morgan fingerprint density at radius 3 is 2.71 bits per heavy atom. The summed E-state index contributed by atoms with van der Waals surface area (Å²) in [6.45, 7) is 3.81. The van der Waals surface area contributed by atoms with Gasteiger partial charge in [-0.1, -0.05) is 0 Å². The van der Waals surface area contributed by atoms with Gasteiger partial charge in [-0.15, -0.1) is 12.6 Å².